The summed E-state index contributed by atoms with van der Waals surface area (Å²) >= 11 is 0. The Hall–Kier alpha value is -0.0800. The van der Waals surface area contributed by atoms with Gasteiger partial charge in [-0.25, -0.2) is 0 Å². The predicted octanol–water partition coefficient (Wildman–Crippen LogP) is 2.55. The Morgan fingerprint density at radius 2 is 1.75 bits per heavy atom. The second-order valence-electron chi connectivity index (χ2n) is 6.37. The van der Waals surface area contributed by atoms with Gasteiger partial charge in [-0.2, -0.15) is 0 Å². The molecule has 16 heavy (non-hydrogen) atoms. The van der Waals surface area contributed by atoms with Gasteiger partial charge in [0.2, 0.25) is 0 Å². The van der Waals surface area contributed by atoms with E-state index >= 15 is 0 Å². The van der Waals surface area contributed by atoms with E-state index in [2.05, 4.69) is 24.5 Å². The van der Waals surface area contributed by atoms with Crippen LogP contribution in [0.2, 0.25) is 0 Å². The summed E-state index contributed by atoms with van der Waals surface area (Å²) in [7, 11) is 0. The van der Waals surface area contributed by atoms with E-state index in [1.807, 2.05) is 0 Å². The zero-order chi connectivity index (χ0) is 11.5. The third-order valence-corrected chi connectivity index (χ3v) is 5.03. The Balaban J connectivity index is 1.70. The molecule has 1 saturated carbocycles. The van der Waals surface area contributed by atoms with Crippen molar-refractivity contribution >= 4 is 0 Å². The molecular weight excluding hydrogens is 196 g/mol. The fourth-order valence-corrected chi connectivity index (χ4v) is 3.17. The molecule has 2 N–H and O–H groups in total. The third-order valence-electron chi connectivity index (χ3n) is 5.03. The van der Waals surface area contributed by atoms with Gasteiger partial charge in [-0.05, 0) is 56.0 Å². The molecule has 1 heterocycles. The predicted molar refractivity (Wildman–Crippen MR) is 69.7 cm³/mol. The van der Waals surface area contributed by atoms with E-state index in [9.17, 15) is 0 Å². The first-order valence-electron chi connectivity index (χ1n) is 7.10. The zero-order valence-corrected chi connectivity index (χ0v) is 11.1. The normalized spacial score (nSPS) is 27.4. The van der Waals surface area contributed by atoms with Crippen LogP contribution in [0.25, 0.3) is 0 Å². The Labute approximate surface area is 101 Å². The Kier molecular flexibility index (Phi) is 3.91. The van der Waals surface area contributed by atoms with Crippen molar-refractivity contribution in [2.45, 2.75) is 52.4 Å². The van der Waals surface area contributed by atoms with Crippen molar-refractivity contribution in [1.29, 1.82) is 0 Å². The topological polar surface area (TPSA) is 24.1 Å². The molecule has 1 aliphatic carbocycles. The van der Waals surface area contributed by atoms with Crippen molar-refractivity contribution in [3.63, 3.8) is 0 Å². The molecule has 0 spiro atoms. The summed E-state index contributed by atoms with van der Waals surface area (Å²) in [5, 5.41) is 7.21. The van der Waals surface area contributed by atoms with Crippen LogP contribution in [0.1, 0.15) is 52.4 Å². The molecule has 2 aliphatic rings. The van der Waals surface area contributed by atoms with Crippen LogP contribution in [0.15, 0.2) is 0 Å². The van der Waals surface area contributed by atoms with Crippen molar-refractivity contribution in [3.05, 3.63) is 0 Å². The van der Waals surface area contributed by atoms with E-state index in [4.69, 9.17) is 0 Å². The molecule has 0 amide bonds. The third kappa shape index (κ3) is 2.78. The maximum atomic E-state index is 3.76. The van der Waals surface area contributed by atoms with Crippen molar-refractivity contribution in [1.82, 2.24) is 10.6 Å². The lowest BCUT2D eigenvalue weighted by Crippen LogP contribution is -2.45. The molecule has 2 heteroatoms. The van der Waals surface area contributed by atoms with Crippen LogP contribution < -0.4 is 10.6 Å². The smallest absolute Gasteiger partial charge is 0.000793 e. The number of nitrogens with one attached hydrogen (secondary N) is 2. The van der Waals surface area contributed by atoms with Crippen LogP contribution in [-0.4, -0.2) is 26.2 Å². The van der Waals surface area contributed by atoms with Gasteiger partial charge in [0, 0.05) is 13.1 Å². The molecule has 2 rings (SSSR count). The largest absolute Gasteiger partial charge is 0.317 e. The highest BCUT2D eigenvalue weighted by molar-refractivity contribution is 4.90. The van der Waals surface area contributed by atoms with Gasteiger partial charge < -0.3 is 10.6 Å². The number of rotatable bonds is 5. The van der Waals surface area contributed by atoms with Crippen molar-refractivity contribution in [3.8, 4) is 0 Å². The maximum Gasteiger partial charge on any atom is 0.000793 e. The molecule has 1 aliphatic heterocycles. The van der Waals surface area contributed by atoms with Crippen LogP contribution >= 0.6 is 0 Å². The molecule has 1 saturated heterocycles. The molecular formula is C14H28N2. The summed E-state index contributed by atoms with van der Waals surface area (Å²) in [6.45, 7) is 9.68. The first-order valence-corrected chi connectivity index (χ1v) is 7.10. The maximum absolute atomic E-state index is 3.76. The lowest BCUT2D eigenvalue weighted by molar-refractivity contribution is 0.113. The van der Waals surface area contributed by atoms with Crippen LogP contribution in [0.3, 0.4) is 0 Å². The van der Waals surface area contributed by atoms with Crippen LogP contribution in [-0.2, 0) is 0 Å². The number of hydrogen-bond acceptors (Lipinski definition) is 2. The molecule has 2 nitrogen and oxygen atoms in total. The van der Waals surface area contributed by atoms with Gasteiger partial charge in [-0.1, -0.05) is 20.3 Å². The molecule has 0 atom stereocenters. The zero-order valence-electron chi connectivity index (χ0n) is 11.1. The fourth-order valence-electron chi connectivity index (χ4n) is 3.17. The van der Waals surface area contributed by atoms with E-state index in [-0.39, 0.29) is 0 Å². The second kappa shape index (κ2) is 5.05. The highest BCUT2D eigenvalue weighted by Gasteiger charge is 2.35. The average Bonchev–Trinajstić information content (AvgIpc) is 2.23. The second-order valence-corrected chi connectivity index (χ2v) is 6.37. The molecule has 94 valence electrons. The number of piperidine rings is 1. The van der Waals surface area contributed by atoms with Crippen molar-refractivity contribution < 1.29 is 0 Å². The molecule has 0 aromatic carbocycles. The summed E-state index contributed by atoms with van der Waals surface area (Å²) in [5.41, 5.74) is 1.22. The minimum absolute atomic E-state index is 0.546. The van der Waals surface area contributed by atoms with Gasteiger partial charge in [-0.15, -0.1) is 0 Å². The van der Waals surface area contributed by atoms with Gasteiger partial charge in [0.15, 0.2) is 0 Å². The van der Waals surface area contributed by atoms with Crippen molar-refractivity contribution in [2.24, 2.45) is 10.8 Å². The van der Waals surface area contributed by atoms with E-state index in [0.29, 0.717) is 10.8 Å². The minimum Gasteiger partial charge on any atom is -0.317 e. The minimum atomic E-state index is 0.546. The van der Waals surface area contributed by atoms with E-state index in [0.717, 1.165) is 0 Å². The monoisotopic (exact) mass is 224 g/mol. The fraction of sp³-hybridized carbons (Fsp3) is 1.00. The summed E-state index contributed by atoms with van der Waals surface area (Å²) in [6, 6.07) is 0. The first-order chi connectivity index (χ1) is 7.68. The van der Waals surface area contributed by atoms with Gasteiger partial charge in [-0.3, -0.25) is 0 Å². The van der Waals surface area contributed by atoms with Crippen LogP contribution in [0, 0.1) is 10.8 Å². The van der Waals surface area contributed by atoms with E-state index in [1.165, 1.54) is 64.7 Å². The van der Waals surface area contributed by atoms with E-state index in [1.54, 1.807) is 0 Å². The molecule has 0 aromatic rings. The standard InChI is InChI=1S/C14H28N2/c1-3-14(5-4-6-14)12-16-11-13(2)7-9-15-10-8-13/h15-16H,3-12H2,1-2H3. The highest BCUT2D eigenvalue weighted by Crippen LogP contribution is 2.43. The summed E-state index contributed by atoms with van der Waals surface area (Å²) in [4.78, 5) is 0. The summed E-state index contributed by atoms with van der Waals surface area (Å²) in [5.74, 6) is 0. The average molecular weight is 224 g/mol. The Bertz CT molecular complexity index is 209. The van der Waals surface area contributed by atoms with Gasteiger partial charge in [0.1, 0.15) is 0 Å². The number of hydrogen-bond donors (Lipinski definition) is 2. The van der Waals surface area contributed by atoms with Crippen molar-refractivity contribution in [2.75, 3.05) is 26.2 Å². The molecule has 0 radical (unpaired) electrons. The molecule has 0 aromatic heterocycles. The van der Waals surface area contributed by atoms with Gasteiger partial charge in [0.05, 0.1) is 0 Å². The van der Waals surface area contributed by atoms with Gasteiger partial charge in [0.25, 0.3) is 0 Å². The quantitative estimate of drug-likeness (QED) is 0.750. The molecule has 2 fully saturated rings. The first kappa shape index (κ1) is 12.4. The SMILES string of the molecule is CCC1(CNCC2(C)CCNCC2)CCC1. The lowest BCUT2D eigenvalue weighted by atomic mass is 9.67. The Morgan fingerprint density at radius 1 is 1.06 bits per heavy atom. The van der Waals surface area contributed by atoms with Crippen LogP contribution in [0.5, 0.6) is 0 Å². The highest BCUT2D eigenvalue weighted by atomic mass is 14.9. The van der Waals surface area contributed by atoms with Gasteiger partial charge >= 0.3 is 0 Å². The summed E-state index contributed by atoms with van der Waals surface area (Å²) in [6.07, 6.45) is 8.39. The van der Waals surface area contributed by atoms with Crippen LogP contribution in [0.4, 0.5) is 0 Å². The summed E-state index contributed by atoms with van der Waals surface area (Å²) < 4.78 is 0. The van der Waals surface area contributed by atoms with E-state index < -0.39 is 0 Å². The Morgan fingerprint density at radius 3 is 2.25 bits per heavy atom. The molecule has 0 unspecified atom stereocenters. The molecule has 0 bridgehead atoms. The lowest BCUT2D eigenvalue weighted by Gasteiger charge is -2.43.